The highest BCUT2D eigenvalue weighted by Gasteiger charge is 2.37. The van der Waals surface area contributed by atoms with Gasteiger partial charge in [-0.05, 0) is 19.3 Å². The van der Waals surface area contributed by atoms with E-state index in [0.717, 1.165) is 17.3 Å². The fourth-order valence-electron chi connectivity index (χ4n) is 3.80. The average molecular weight is 423 g/mol. The second-order valence-corrected chi connectivity index (χ2v) is 7.87. The van der Waals surface area contributed by atoms with Crippen LogP contribution in [-0.4, -0.2) is 73.1 Å². The lowest BCUT2D eigenvalue weighted by Gasteiger charge is -2.35. The van der Waals surface area contributed by atoms with Gasteiger partial charge in [0.05, 0.1) is 27.1 Å². The number of carbonyl (C=O) groups is 3. The van der Waals surface area contributed by atoms with Crippen LogP contribution in [0.25, 0.3) is 0 Å². The van der Waals surface area contributed by atoms with E-state index in [1.807, 2.05) is 0 Å². The zero-order chi connectivity index (χ0) is 21.0. The van der Waals surface area contributed by atoms with E-state index in [0.29, 0.717) is 56.0 Å². The Morgan fingerprint density at radius 1 is 1.07 bits per heavy atom. The van der Waals surface area contributed by atoms with Gasteiger partial charge in [0.25, 0.3) is 5.24 Å². The van der Waals surface area contributed by atoms with Gasteiger partial charge >= 0.3 is 0 Å². The van der Waals surface area contributed by atoms with Crippen LogP contribution in [-0.2, 0) is 16.0 Å². The van der Waals surface area contributed by atoms with Crippen LogP contribution < -0.4 is 14.2 Å². The summed E-state index contributed by atoms with van der Waals surface area (Å²) in [6.45, 7) is 1.09. The summed E-state index contributed by atoms with van der Waals surface area (Å²) < 4.78 is 16.1. The molecular formula is C20H26N2O6S. The minimum absolute atomic E-state index is 0.0387. The number of ether oxygens (including phenoxy) is 3. The number of carbonyl (C=O) groups excluding carboxylic acids is 3. The van der Waals surface area contributed by atoms with E-state index in [-0.39, 0.29) is 28.8 Å². The maximum atomic E-state index is 12.7. The molecule has 0 bridgehead atoms. The second kappa shape index (κ2) is 9.39. The molecule has 2 heterocycles. The molecule has 3 amide bonds. The molecule has 2 aliphatic rings. The molecule has 0 aromatic heterocycles. The third-order valence-electron chi connectivity index (χ3n) is 5.37. The lowest BCUT2D eigenvalue weighted by atomic mass is 10.0. The number of benzene rings is 1. The summed E-state index contributed by atoms with van der Waals surface area (Å²) >= 11 is 1.05. The van der Waals surface area contributed by atoms with Crippen LogP contribution in [0.2, 0.25) is 0 Å². The van der Waals surface area contributed by atoms with Crippen molar-refractivity contribution in [1.29, 1.82) is 0 Å². The molecule has 0 spiro atoms. The molecule has 0 radical (unpaired) electrons. The topological polar surface area (TPSA) is 85.4 Å². The molecule has 0 aliphatic carbocycles. The van der Waals surface area contributed by atoms with Gasteiger partial charge in [0.2, 0.25) is 11.8 Å². The first-order valence-electron chi connectivity index (χ1n) is 9.54. The molecule has 158 valence electrons. The lowest BCUT2D eigenvalue weighted by molar-refractivity contribution is -0.133. The summed E-state index contributed by atoms with van der Waals surface area (Å²) in [5, 5.41) is -0.168. The number of hydrogen-bond donors (Lipinski definition) is 0. The first-order valence-corrected chi connectivity index (χ1v) is 10.5. The molecule has 0 unspecified atom stereocenters. The van der Waals surface area contributed by atoms with Gasteiger partial charge in [-0.2, -0.15) is 0 Å². The Hall–Kier alpha value is -2.42. The fraction of sp³-hybridized carbons (Fsp3) is 0.550. The Bertz CT molecular complexity index is 750. The smallest absolute Gasteiger partial charge is 0.289 e. The van der Waals surface area contributed by atoms with Crippen LogP contribution in [0.5, 0.6) is 17.2 Å². The average Bonchev–Trinajstić information content (AvgIpc) is 3.09. The van der Waals surface area contributed by atoms with Gasteiger partial charge in [0.1, 0.15) is 17.2 Å². The van der Waals surface area contributed by atoms with E-state index in [1.165, 1.54) is 4.90 Å². The van der Waals surface area contributed by atoms with E-state index in [4.69, 9.17) is 14.2 Å². The van der Waals surface area contributed by atoms with Gasteiger partial charge in [0, 0.05) is 43.2 Å². The van der Waals surface area contributed by atoms with Gasteiger partial charge in [-0.3, -0.25) is 19.3 Å². The summed E-state index contributed by atoms with van der Waals surface area (Å²) in [4.78, 5) is 39.7. The van der Waals surface area contributed by atoms with Crippen molar-refractivity contribution in [1.82, 2.24) is 9.80 Å². The van der Waals surface area contributed by atoms with Crippen molar-refractivity contribution < 1.29 is 28.6 Å². The van der Waals surface area contributed by atoms with Crippen LogP contribution in [0.1, 0.15) is 24.8 Å². The van der Waals surface area contributed by atoms with Gasteiger partial charge in [-0.1, -0.05) is 11.8 Å². The molecular weight excluding hydrogens is 396 g/mol. The summed E-state index contributed by atoms with van der Waals surface area (Å²) in [7, 11) is 4.72. The number of imide groups is 1. The molecule has 9 heteroatoms. The van der Waals surface area contributed by atoms with Crippen LogP contribution in [0.15, 0.2) is 12.1 Å². The van der Waals surface area contributed by atoms with E-state index in [9.17, 15) is 14.4 Å². The minimum atomic E-state index is -0.168. The normalized spacial score (nSPS) is 17.6. The van der Waals surface area contributed by atoms with Crippen molar-refractivity contribution in [2.24, 2.45) is 0 Å². The number of thioether (sulfide) groups is 1. The van der Waals surface area contributed by atoms with Gasteiger partial charge in [-0.15, -0.1) is 0 Å². The number of rotatable bonds is 7. The minimum Gasteiger partial charge on any atom is -0.496 e. The van der Waals surface area contributed by atoms with Crippen molar-refractivity contribution in [2.45, 2.75) is 31.7 Å². The van der Waals surface area contributed by atoms with E-state index < -0.39 is 0 Å². The highest BCUT2D eigenvalue weighted by Crippen LogP contribution is 2.35. The fourth-order valence-corrected chi connectivity index (χ4v) is 4.58. The predicted molar refractivity (Wildman–Crippen MR) is 109 cm³/mol. The Balaban J connectivity index is 1.58. The Morgan fingerprint density at radius 3 is 2.17 bits per heavy atom. The van der Waals surface area contributed by atoms with E-state index >= 15 is 0 Å². The summed E-state index contributed by atoms with van der Waals surface area (Å²) in [5.41, 5.74) is 0.823. The number of methoxy groups -OCH3 is 3. The maximum Gasteiger partial charge on any atom is 0.289 e. The summed E-state index contributed by atoms with van der Waals surface area (Å²) in [6, 6.07) is 3.45. The Kier molecular flexibility index (Phi) is 6.89. The SMILES string of the molecule is COc1cc(OC)c(CCC(=O)N2CCC(N3C(=O)CSC3=O)CC2)c(OC)c1. The quantitative estimate of drug-likeness (QED) is 0.667. The largest absolute Gasteiger partial charge is 0.496 e. The predicted octanol–water partition coefficient (Wildman–Crippen LogP) is 2.33. The van der Waals surface area contributed by atoms with Crippen molar-refractivity contribution in [3.63, 3.8) is 0 Å². The monoisotopic (exact) mass is 422 g/mol. The molecule has 0 N–H and O–H groups in total. The summed E-state index contributed by atoms with van der Waals surface area (Å²) in [6.07, 6.45) is 2.05. The molecule has 2 saturated heterocycles. The molecule has 29 heavy (non-hydrogen) atoms. The Morgan fingerprint density at radius 2 is 1.69 bits per heavy atom. The van der Waals surface area contributed by atoms with Gasteiger partial charge in [-0.25, -0.2) is 0 Å². The van der Waals surface area contributed by atoms with Gasteiger partial charge < -0.3 is 19.1 Å². The van der Waals surface area contributed by atoms with Crippen molar-refractivity contribution in [3.8, 4) is 17.2 Å². The van der Waals surface area contributed by atoms with Crippen molar-refractivity contribution in [3.05, 3.63) is 17.7 Å². The number of amides is 3. The Labute approximate surface area is 174 Å². The molecule has 1 aromatic rings. The highest BCUT2D eigenvalue weighted by molar-refractivity contribution is 8.14. The molecule has 2 aliphatic heterocycles. The van der Waals surface area contributed by atoms with Crippen LogP contribution in [0.3, 0.4) is 0 Å². The maximum absolute atomic E-state index is 12.7. The summed E-state index contributed by atoms with van der Waals surface area (Å²) in [5.74, 6) is 2.01. The van der Waals surface area contributed by atoms with E-state index in [2.05, 4.69) is 0 Å². The molecule has 0 atom stereocenters. The molecule has 1 aromatic carbocycles. The lowest BCUT2D eigenvalue weighted by Crippen LogP contribution is -2.48. The van der Waals surface area contributed by atoms with Crippen LogP contribution >= 0.6 is 11.8 Å². The van der Waals surface area contributed by atoms with Crippen LogP contribution in [0.4, 0.5) is 4.79 Å². The second-order valence-electron chi connectivity index (χ2n) is 6.94. The molecule has 8 nitrogen and oxygen atoms in total. The zero-order valence-electron chi connectivity index (χ0n) is 16.9. The third-order valence-corrected chi connectivity index (χ3v) is 6.21. The highest BCUT2D eigenvalue weighted by atomic mass is 32.2. The number of hydrogen-bond acceptors (Lipinski definition) is 7. The first kappa shape index (κ1) is 21.3. The van der Waals surface area contributed by atoms with Crippen molar-refractivity contribution >= 4 is 28.8 Å². The standard InChI is InChI=1S/C20H26N2O6S/c1-26-14-10-16(27-2)15(17(11-14)28-3)4-5-18(23)21-8-6-13(7-9-21)22-19(24)12-29-20(22)25/h10-11,13H,4-9,12H2,1-3H3. The number of piperidine rings is 1. The third kappa shape index (κ3) is 4.60. The first-order chi connectivity index (χ1) is 14.0. The van der Waals surface area contributed by atoms with E-state index in [1.54, 1.807) is 38.4 Å². The van der Waals surface area contributed by atoms with Gasteiger partial charge in [0.15, 0.2) is 0 Å². The molecule has 0 saturated carbocycles. The number of nitrogens with zero attached hydrogens (tertiary/aromatic N) is 2. The molecule has 2 fully saturated rings. The molecule has 3 rings (SSSR count). The zero-order valence-corrected chi connectivity index (χ0v) is 17.8. The number of likely N-dealkylation sites (tertiary alicyclic amines) is 1. The van der Waals surface area contributed by atoms with Crippen LogP contribution in [0, 0.1) is 0 Å². The van der Waals surface area contributed by atoms with Crippen molar-refractivity contribution in [2.75, 3.05) is 40.2 Å².